The van der Waals surface area contributed by atoms with Gasteiger partial charge in [-0.3, -0.25) is 4.79 Å². The van der Waals surface area contributed by atoms with Crippen molar-refractivity contribution < 1.29 is 14.3 Å². The molecule has 2 aromatic carbocycles. The fraction of sp³-hybridized carbons (Fsp3) is 0.235. The first kappa shape index (κ1) is 13.8. The summed E-state index contributed by atoms with van der Waals surface area (Å²) in [7, 11) is 0. The lowest BCUT2D eigenvalue weighted by molar-refractivity contribution is -0.116. The van der Waals surface area contributed by atoms with Crippen LogP contribution in [0.4, 0.5) is 10.1 Å². The number of carbonyl (C=O) groups excluding carboxylic acids is 1. The minimum absolute atomic E-state index is 0.0283. The van der Waals surface area contributed by atoms with Gasteiger partial charge >= 0.3 is 0 Å². The third kappa shape index (κ3) is 2.95. The molecule has 4 heteroatoms. The summed E-state index contributed by atoms with van der Waals surface area (Å²) in [5.41, 5.74) is 3.23. The van der Waals surface area contributed by atoms with Crippen LogP contribution >= 0.6 is 0 Å². The molecule has 0 spiro atoms. The predicted octanol–water partition coefficient (Wildman–Crippen LogP) is 3.18. The third-order valence-electron chi connectivity index (χ3n) is 3.75. The van der Waals surface area contributed by atoms with Crippen LogP contribution < -0.4 is 5.32 Å². The first-order valence-electron chi connectivity index (χ1n) is 7.00. The Labute approximate surface area is 122 Å². The number of aliphatic hydroxyl groups is 1. The summed E-state index contributed by atoms with van der Waals surface area (Å²) in [6, 6.07) is 11.3. The van der Waals surface area contributed by atoms with Crippen molar-refractivity contribution in [3.05, 3.63) is 65.0 Å². The van der Waals surface area contributed by atoms with Gasteiger partial charge in [0.25, 0.3) is 0 Å². The van der Waals surface area contributed by atoms with Gasteiger partial charge < -0.3 is 10.4 Å². The molecule has 1 amide bonds. The first-order valence-corrected chi connectivity index (χ1v) is 7.00. The highest BCUT2D eigenvalue weighted by molar-refractivity contribution is 5.92. The van der Waals surface area contributed by atoms with Crippen LogP contribution in [0.5, 0.6) is 0 Å². The predicted molar refractivity (Wildman–Crippen MR) is 78.5 cm³/mol. The molecule has 0 saturated carbocycles. The third-order valence-corrected chi connectivity index (χ3v) is 3.75. The summed E-state index contributed by atoms with van der Waals surface area (Å²) in [6.07, 6.45) is 1.33. The number of nitrogens with one attached hydrogen (secondary N) is 1. The highest BCUT2D eigenvalue weighted by Gasteiger charge is 2.16. The quantitative estimate of drug-likeness (QED) is 0.890. The SMILES string of the molecule is O=C1CCCc2cc(C(O)c3ccc(F)cc3)ccc2N1. The minimum atomic E-state index is -0.796. The van der Waals surface area contributed by atoms with Crippen LogP contribution in [0, 0.1) is 5.82 Å². The molecule has 1 heterocycles. The van der Waals surface area contributed by atoms with E-state index in [0.717, 1.165) is 29.7 Å². The lowest BCUT2D eigenvalue weighted by Crippen LogP contribution is -2.09. The highest BCUT2D eigenvalue weighted by atomic mass is 19.1. The van der Waals surface area contributed by atoms with Crippen molar-refractivity contribution in [3.8, 4) is 0 Å². The molecule has 1 aliphatic rings. The Bertz CT molecular complexity index is 667. The molecule has 3 nitrogen and oxygen atoms in total. The van der Waals surface area contributed by atoms with Gasteiger partial charge in [0.05, 0.1) is 0 Å². The summed E-state index contributed by atoms with van der Waals surface area (Å²) >= 11 is 0. The van der Waals surface area contributed by atoms with E-state index in [1.54, 1.807) is 18.2 Å². The minimum Gasteiger partial charge on any atom is -0.384 e. The molecule has 0 aliphatic carbocycles. The summed E-state index contributed by atoms with van der Waals surface area (Å²) in [5, 5.41) is 13.3. The van der Waals surface area contributed by atoms with Gasteiger partial charge in [-0.2, -0.15) is 0 Å². The van der Waals surface area contributed by atoms with Crippen LogP contribution in [0.2, 0.25) is 0 Å². The number of aryl methyl sites for hydroxylation is 1. The summed E-state index contributed by atoms with van der Waals surface area (Å²) in [5.74, 6) is -0.295. The molecule has 108 valence electrons. The van der Waals surface area contributed by atoms with Gasteiger partial charge in [0, 0.05) is 12.1 Å². The lowest BCUT2D eigenvalue weighted by Gasteiger charge is -2.14. The van der Waals surface area contributed by atoms with Crippen molar-refractivity contribution in [2.75, 3.05) is 5.32 Å². The van der Waals surface area contributed by atoms with Crippen molar-refractivity contribution in [3.63, 3.8) is 0 Å². The van der Waals surface area contributed by atoms with Gasteiger partial charge in [0.15, 0.2) is 0 Å². The lowest BCUT2D eigenvalue weighted by atomic mass is 9.97. The van der Waals surface area contributed by atoms with Crippen molar-refractivity contribution >= 4 is 11.6 Å². The second kappa shape index (κ2) is 5.66. The number of carbonyl (C=O) groups is 1. The monoisotopic (exact) mass is 285 g/mol. The van der Waals surface area contributed by atoms with Crippen molar-refractivity contribution in [2.24, 2.45) is 0 Å². The summed E-state index contributed by atoms with van der Waals surface area (Å²) in [6.45, 7) is 0. The number of anilines is 1. The largest absolute Gasteiger partial charge is 0.384 e. The normalized spacial score (nSPS) is 15.8. The molecule has 0 fully saturated rings. The summed E-state index contributed by atoms with van der Waals surface area (Å²) in [4.78, 5) is 11.5. The molecule has 0 saturated heterocycles. The van der Waals surface area contributed by atoms with E-state index >= 15 is 0 Å². The number of amides is 1. The average Bonchev–Trinajstić information content (AvgIpc) is 2.67. The Hall–Kier alpha value is -2.20. The fourth-order valence-electron chi connectivity index (χ4n) is 2.60. The van der Waals surface area contributed by atoms with Gasteiger partial charge in [0.2, 0.25) is 5.91 Å². The van der Waals surface area contributed by atoms with E-state index in [2.05, 4.69) is 5.32 Å². The maximum atomic E-state index is 12.9. The molecule has 2 N–H and O–H groups in total. The van der Waals surface area contributed by atoms with Crippen LogP contribution in [0.3, 0.4) is 0 Å². The molecule has 21 heavy (non-hydrogen) atoms. The molecule has 1 unspecified atom stereocenters. The second-order valence-corrected chi connectivity index (χ2v) is 5.27. The summed E-state index contributed by atoms with van der Waals surface area (Å²) < 4.78 is 12.9. The zero-order chi connectivity index (χ0) is 14.8. The molecule has 1 aliphatic heterocycles. The van der Waals surface area contributed by atoms with Crippen LogP contribution in [-0.2, 0) is 11.2 Å². The molecule has 0 radical (unpaired) electrons. The van der Waals surface area contributed by atoms with Gasteiger partial charge in [-0.05, 0) is 47.7 Å². The highest BCUT2D eigenvalue weighted by Crippen LogP contribution is 2.28. The van der Waals surface area contributed by atoms with E-state index < -0.39 is 6.10 Å². The van der Waals surface area contributed by atoms with Gasteiger partial charge in [-0.1, -0.05) is 24.3 Å². The number of halogens is 1. The molecule has 0 aromatic heterocycles. The number of benzene rings is 2. The van der Waals surface area contributed by atoms with E-state index in [1.807, 2.05) is 12.1 Å². The molecule has 3 rings (SSSR count). The first-order chi connectivity index (χ1) is 10.1. The van der Waals surface area contributed by atoms with Gasteiger partial charge in [-0.25, -0.2) is 4.39 Å². The van der Waals surface area contributed by atoms with Gasteiger partial charge in [-0.15, -0.1) is 0 Å². The molecular formula is C17H16FNO2. The maximum absolute atomic E-state index is 12.9. The number of hydrogen-bond donors (Lipinski definition) is 2. The van der Waals surface area contributed by atoms with Crippen LogP contribution in [0.1, 0.15) is 35.6 Å². The topological polar surface area (TPSA) is 49.3 Å². The Kier molecular flexibility index (Phi) is 3.71. The number of aliphatic hydroxyl groups excluding tert-OH is 1. The Balaban J connectivity index is 1.91. The number of rotatable bonds is 2. The molecule has 0 bridgehead atoms. The van der Waals surface area contributed by atoms with E-state index in [0.29, 0.717) is 12.0 Å². The Morgan fingerprint density at radius 2 is 1.76 bits per heavy atom. The van der Waals surface area contributed by atoms with Crippen molar-refractivity contribution in [1.29, 1.82) is 0 Å². The second-order valence-electron chi connectivity index (χ2n) is 5.27. The standard InChI is InChI=1S/C17H16FNO2/c18-14-7-4-11(5-8-14)17(21)13-6-9-15-12(10-13)2-1-3-16(20)19-15/h4-10,17,21H,1-3H2,(H,19,20). The van der Waals surface area contributed by atoms with E-state index in [-0.39, 0.29) is 11.7 Å². The van der Waals surface area contributed by atoms with Crippen LogP contribution in [-0.4, -0.2) is 11.0 Å². The van der Waals surface area contributed by atoms with E-state index in [4.69, 9.17) is 0 Å². The van der Waals surface area contributed by atoms with Crippen molar-refractivity contribution in [1.82, 2.24) is 0 Å². The Morgan fingerprint density at radius 1 is 1.05 bits per heavy atom. The number of fused-ring (bicyclic) bond motifs is 1. The zero-order valence-corrected chi connectivity index (χ0v) is 11.5. The average molecular weight is 285 g/mol. The molecule has 2 aromatic rings. The zero-order valence-electron chi connectivity index (χ0n) is 11.5. The van der Waals surface area contributed by atoms with Gasteiger partial charge in [0.1, 0.15) is 11.9 Å². The maximum Gasteiger partial charge on any atom is 0.224 e. The molecular weight excluding hydrogens is 269 g/mol. The smallest absolute Gasteiger partial charge is 0.224 e. The Morgan fingerprint density at radius 3 is 2.52 bits per heavy atom. The fourth-order valence-corrected chi connectivity index (χ4v) is 2.60. The van der Waals surface area contributed by atoms with E-state index in [1.165, 1.54) is 12.1 Å². The van der Waals surface area contributed by atoms with Crippen molar-refractivity contribution in [2.45, 2.75) is 25.4 Å². The number of hydrogen-bond acceptors (Lipinski definition) is 2. The van der Waals surface area contributed by atoms with E-state index in [9.17, 15) is 14.3 Å². The van der Waals surface area contributed by atoms with Crippen LogP contribution in [0.15, 0.2) is 42.5 Å². The van der Waals surface area contributed by atoms with Crippen LogP contribution in [0.25, 0.3) is 0 Å². The molecule has 1 atom stereocenters.